The summed E-state index contributed by atoms with van der Waals surface area (Å²) in [6.07, 6.45) is 0. The van der Waals surface area contributed by atoms with Gasteiger partial charge in [0, 0.05) is 0 Å². The van der Waals surface area contributed by atoms with Crippen LogP contribution in [-0.2, 0) is 4.74 Å². The first-order valence-corrected chi connectivity index (χ1v) is 4.51. The average molecular weight is 205 g/mol. The third-order valence-electron chi connectivity index (χ3n) is 1.98. The molecule has 0 spiro atoms. The highest BCUT2D eigenvalue weighted by atomic mass is 16.5. The van der Waals surface area contributed by atoms with Crippen molar-refractivity contribution in [2.45, 2.75) is 13.8 Å². The molecule has 0 aromatic heterocycles. The minimum absolute atomic E-state index is 0.0562. The topological polar surface area (TPSA) is 70.3 Å². The SMILES string of the molecule is CCOC(=O)c1c(C#N)ccc(C)c1O. The maximum absolute atomic E-state index is 11.5. The van der Waals surface area contributed by atoms with Crippen molar-refractivity contribution in [2.24, 2.45) is 0 Å². The zero-order valence-electron chi connectivity index (χ0n) is 8.57. The predicted octanol–water partition coefficient (Wildman–Crippen LogP) is 1.75. The van der Waals surface area contributed by atoms with Crippen LogP contribution in [0, 0.1) is 18.3 Å². The van der Waals surface area contributed by atoms with E-state index in [1.165, 1.54) is 6.07 Å². The number of nitrogens with zero attached hydrogens (tertiary/aromatic N) is 1. The maximum atomic E-state index is 11.5. The Bertz CT molecular complexity index is 432. The van der Waals surface area contributed by atoms with Crippen molar-refractivity contribution in [3.8, 4) is 11.8 Å². The Labute approximate surface area is 87.7 Å². The van der Waals surface area contributed by atoms with E-state index >= 15 is 0 Å². The van der Waals surface area contributed by atoms with Crippen LogP contribution in [0.5, 0.6) is 5.75 Å². The van der Waals surface area contributed by atoms with E-state index in [0.29, 0.717) is 5.56 Å². The van der Waals surface area contributed by atoms with E-state index in [2.05, 4.69) is 0 Å². The Hall–Kier alpha value is -2.02. The number of phenolic OH excluding ortho intramolecular Hbond substituents is 1. The van der Waals surface area contributed by atoms with Gasteiger partial charge in [0.15, 0.2) is 0 Å². The molecule has 0 saturated heterocycles. The molecule has 0 unspecified atom stereocenters. The Morgan fingerprint density at radius 3 is 2.80 bits per heavy atom. The van der Waals surface area contributed by atoms with Crippen LogP contribution in [0.2, 0.25) is 0 Å². The molecule has 15 heavy (non-hydrogen) atoms. The van der Waals surface area contributed by atoms with Gasteiger partial charge in [0.25, 0.3) is 0 Å². The molecule has 0 aliphatic heterocycles. The second-order valence-corrected chi connectivity index (χ2v) is 2.99. The van der Waals surface area contributed by atoms with E-state index in [1.54, 1.807) is 19.9 Å². The van der Waals surface area contributed by atoms with Gasteiger partial charge in [-0.1, -0.05) is 6.07 Å². The molecular formula is C11H11NO3. The molecule has 1 aromatic rings. The van der Waals surface area contributed by atoms with Gasteiger partial charge in [0.2, 0.25) is 0 Å². The average Bonchev–Trinajstić information content (AvgIpc) is 2.22. The second kappa shape index (κ2) is 4.47. The van der Waals surface area contributed by atoms with Crippen LogP contribution in [0.1, 0.15) is 28.4 Å². The van der Waals surface area contributed by atoms with E-state index in [9.17, 15) is 9.90 Å². The lowest BCUT2D eigenvalue weighted by Crippen LogP contribution is -2.08. The zero-order chi connectivity index (χ0) is 11.4. The van der Waals surface area contributed by atoms with Crippen LogP contribution in [0.4, 0.5) is 0 Å². The van der Waals surface area contributed by atoms with E-state index in [-0.39, 0.29) is 23.5 Å². The van der Waals surface area contributed by atoms with Crippen molar-refractivity contribution >= 4 is 5.97 Å². The molecule has 0 amide bonds. The molecule has 1 N–H and O–H groups in total. The predicted molar refractivity (Wildman–Crippen MR) is 53.5 cm³/mol. The summed E-state index contributed by atoms with van der Waals surface area (Å²) >= 11 is 0. The van der Waals surface area contributed by atoms with Crippen molar-refractivity contribution in [2.75, 3.05) is 6.61 Å². The largest absolute Gasteiger partial charge is 0.507 e. The number of esters is 1. The number of carbonyl (C=O) groups is 1. The minimum Gasteiger partial charge on any atom is -0.507 e. The van der Waals surface area contributed by atoms with Gasteiger partial charge in [-0.25, -0.2) is 4.79 Å². The van der Waals surface area contributed by atoms with Crippen LogP contribution >= 0.6 is 0 Å². The van der Waals surface area contributed by atoms with Gasteiger partial charge in [-0.15, -0.1) is 0 Å². The number of hydrogen-bond acceptors (Lipinski definition) is 4. The smallest absolute Gasteiger partial charge is 0.343 e. The van der Waals surface area contributed by atoms with Gasteiger partial charge < -0.3 is 9.84 Å². The maximum Gasteiger partial charge on any atom is 0.343 e. The fourth-order valence-corrected chi connectivity index (χ4v) is 1.20. The first kappa shape index (κ1) is 11.1. The van der Waals surface area contributed by atoms with Crippen molar-refractivity contribution in [1.29, 1.82) is 5.26 Å². The molecule has 1 aromatic carbocycles. The number of nitriles is 1. The van der Waals surface area contributed by atoms with Crippen molar-refractivity contribution in [3.05, 3.63) is 28.8 Å². The number of aromatic hydroxyl groups is 1. The summed E-state index contributed by atoms with van der Waals surface area (Å²) < 4.78 is 4.76. The monoisotopic (exact) mass is 205 g/mol. The fraction of sp³-hybridized carbons (Fsp3) is 0.273. The molecule has 1 rings (SSSR count). The molecule has 0 fully saturated rings. The minimum atomic E-state index is -0.671. The first-order valence-electron chi connectivity index (χ1n) is 4.51. The molecular weight excluding hydrogens is 194 g/mol. The van der Waals surface area contributed by atoms with E-state index in [1.807, 2.05) is 6.07 Å². The van der Waals surface area contributed by atoms with Crippen LogP contribution < -0.4 is 0 Å². The molecule has 0 atom stereocenters. The quantitative estimate of drug-likeness (QED) is 0.746. The lowest BCUT2D eigenvalue weighted by atomic mass is 10.0. The molecule has 0 bridgehead atoms. The highest BCUT2D eigenvalue weighted by molar-refractivity contribution is 5.95. The summed E-state index contributed by atoms with van der Waals surface area (Å²) in [6.45, 7) is 3.52. The van der Waals surface area contributed by atoms with Crippen molar-refractivity contribution in [3.63, 3.8) is 0 Å². The number of phenols is 1. The molecule has 78 valence electrons. The number of ether oxygens (including phenoxy) is 1. The van der Waals surface area contributed by atoms with Gasteiger partial charge in [0.1, 0.15) is 17.4 Å². The number of aryl methyl sites for hydroxylation is 1. The Kier molecular flexibility index (Phi) is 3.29. The number of benzene rings is 1. The van der Waals surface area contributed by atoms with Crippen LogP contribution in [-0.4, -0.2) is 17.7 Å². The van der Waals surface area contributed by atoms with Gasteiger partial charge in [-0.2, -0.15) is 5.26 Å². The lowest BCUT2D eigenvalue weighted by Gasteiger charge is -2.07. The number of carbonyl (C=O) groups excluding carboxylic acids is 1. The third-order valence-corrected chi connectivity index (χ3v) is 1.98. The number of rotatable bonds is 2. The molecule has 0 aliphatic rings. The highest BCUT2D eigenvalue weighted by Gasteiger charge is 2.18. The molecule has 0 saturated carbocycles. The summed E-state index contributed by atoms with van der Waals surface area (Å²) in [4.78, 5) is 11.5. The lowest BCUT2D eigenvalue weighted by molar-refractivity contribution is 0.0522. The molecule has 0 radical (unpaired) electrons. The van der Waals surface area contributed by atoms with Gasteiger partial charge in [-0.05, 0) is 25.5 Å². The Morgan fingerprint density at radius 2 is 2.27 bits per heavy atom. The summed E-state index contributed by atoms with van der Waals surface area (Å²) in [5.74, 6) is -0.859. The van der Waals surface area contributed by atoms with Gasteiger partial charge >= 0.3 is 5.97 Å². The number of hydrogen-bond donors (Lipinski definition) is 1. The summed E-state index contributed by atoms with van der Waals surface area (Å²) in [5.41, 5.74) is 0.605. The van der Waals surface area contributed by atoms with E-state index in [4.69, 9.17) is 10.00 Å². The van der Waals surface area contributed by atoms with E-state index in [0.717, 1.165) is 0 Å². The fourth-order valence-electron chi connectivity index (χ4n) is 1.20. The van der Waals surface area contributed by atoms with Crippen molar-refractivity contribution < 1.29 is 14.6 Å². The van der Waals surface area contributed by atoms with Crippen molar-refractivity contribution in [1.82, 2.24) is 0 Å². The van der Waals surface area contributed by atoms with Crippen LogP contribution in [0.3, 0.4) is 0 Å². The molecule has 0 heterocycles. The Balaban J connectivity index is 3.31. The molecule has 4 heteroatoms. The standard InChI is InChI=1S/C11H11NO3/c1-3-15-11(14)9-8(6-12)5-4-7(2)10(9)13/h4-5,13H,3H2,1-2H3. The van der Waals surface area contributed by atoms with Gasteiger partial charge in [-0.3, -0.25) is 0 Å². The normalized spacial score (nSPS) is 9.40. The van der Waals surface area contributed by atoms with E-state index < -0.39 is 5.97 Å². The molecule has 0 aliphatic carbocycles. The van der Waals surface area contributed by atoms with Gasteiger partial charge in [0.05, 0.1) is 12.2 Å². The first-order chi connectivity index (χ1) is 7.11. The zero-order valence-corrected chi connectivity index (χ0v) is 8.57. The summed E-state index contributed by atoms with van der Waals surface area (Å²) in [6, 6.07) is 4.91. The van der Waals surface area contributed by atoms with Crippen LogP contribution in [0.25, 0.3) is 0 Å². The third kappa shape index (κ3) is 2.08. The second-order valence-electron chi connectivity index (χ2n) is 2.99. The summed E-state index contributed by atoms with van der Waals surface area (Å²) in [7, 11) is 0. The summed E-state index contributed by atoms with van der Waals surface area (Å²) in [5, 5.41) is 18.4. The van der Waals surface area contributed by atoms with Crippen LogP contribution in [0.15, 0.2) is 12.1 Å². The molecule has 4 nitrogen and oxygen atoms in total. The Morgan fingerprint density at radius 1 is 1.60 bits per heavy atom. The highest BCUT2D eigenvalue weighted by Crippen LogP contribution is 2.25.